The summed E-state index contributed by atoms with van der Waals surface area (Å²) >= 11 is 1.41. The molecule has 2 aromatic rings. The van der Waals surface area contributed by atoms with E-state index >= 15 is 0 Å². The van der Waals surface area contributed by atoms with E-state index in [0.29, 0.717) is 24.2 Å². The molecule has 0 radical (unpaired) electrons. The molecule has 1 fully saturated rings. The number of likely N-dealkylation sites (tertiary alicyclic amines) is 1. The number of rotatable bonds is 7. The highest BCUT2D eigenvalue weighted by Gasteiger charge is 2.24. The van der Waals surface area contributed by atoms with E-state index in [9.17, 15) is 21.6 Å². The van der Waals surface area contributed by atoms with Crippen molar-refractivity contribution in [2.24, 2.45) is 0 Å². The van der Waals surface area contributed by atoms with Crippen LogP contribution in [-0.2, 0) is 19.9 Å². The van der Waals surface area contributed by atoms with Crippen LogP contribution in [0.5, 0.6) is 0 Å². The van der Waals surface area contributed by atoms with Crippen molar-refractivity contribution in [3.05, 3.63) is 53.6 Å². The van der Waals surface area contributed by atoms with Gasteiger partial charge in [-0.2, -0.15) is 0 Å². The number of amides is 1. The Morgan fingerprint density at radius 3 is 2.06 bits per heavy atom. The van der Waals surface area contributed by atoms with E-state index in [1.54, 1.807) is 25.1 Å². The maximum Gasteiger partial charge on any atom is 0.255 e. The van der Waals surface area contributed by atoms with Crippen molar-refractivity contribution < 1.29 is 21.6 Å². The van der Waals surface area contributed by atoms with Gasteiger partial charge in [-0.25, -0.2) is 21.6 Å². The number of nitrogens with zero attached hydrogens (tertiary/aromatic N) is 1. The number of carbonyl (C=O) groups is 1. The summed E-state index contributed by atoms with van der Waals surface area (Å²) < 4.78 is 52.2. The molecule has 1 saturated heterocycles. The molecule has 1 N–H and O–H groups in total. The summed E-state index contributed by atoms with van der Waals surface area (Å²) in [5, 5.41) is 0. The third-order valence-electron chi connectivity index (χ3n) is 5.75. The quantitative estimate of drug-likeness (QED) is 0.568. The lowest BCUT2D eigenvalue weighted by molar-refractivity contribution is 0.0758. The summed E-state index contributed by atoms with van der Waals surface area (Å²) in [5.74, 6) is -0.136. The lowest BCUT2D eigenvalue weighted by Gasteiger charge is -2.22. The fraction of sp³-hybridized carbons (Fsp3) is 0.435. The molecule has 1 amide bonds. The number of thioether (sulfide) groups is 1. The number of hydrogen-bond donors (Lipinski definition) is 1. The average molecular weight is 511 g/mol. The molecule has 2 aromatic carbocycles. The van der Waals surface area contributed by atoms with Gasteiger partial charge in [-0.05, 0) is 61.9 Å². The molecule has 33 heavy (non-hydrogen) atoms. The van der Waals surface area contributed by atoms with Crippen molar-refractivity contribution in [1.29, 1.82) is 0 Å². The number of carbonyl (C=O) groups excluding carboxylic acids is 1. The average Bonchev–Trinajstić information content (AvgIpc) is 3.07. The summed E-state index contributed by atoms with van der Waals surface area (Å²) in [6.07, 6.45) is 7.09. The van der Waals surface area contributed by atoms with E-state index in [2.05, 4.69) is 4.72 Å². The lowest BCUT2D eigenvalue weighted by atomic mass is 10.1. The van der Waals surface area contributed by atoms with Gasteiger partial charge in [0.05, 0.1) is 15.4 Å². The number of benzene rings is 2. The van der Waals surface area contributed by atoms with Crippen LogP contribution in [-0.4, -0.2) is 53.2 Å². The monoisotopic (exact) mass is 510 g/mol. The van der Waals surface area contributed by atoms with Crippen molar-refractivity contribution in [1.82, 2.24) is 9.62 Å². The van der Waals surface area contributed by atoms with Gasteiger partial charge < -0.3 is 4.90 Å². The van der Waals surface area contributed by atoms with Crippen LogP contribution in [0.2, 0.25) is 0 Å². The standard InChI is InChI=1S/C23H30N2O5S3/c1-17(18-8-10-19(11-9-18)32(3,27)28)24-33(29,30)20-12-13-22(31-2)21(16-20)23(26)25-14-6-4-5-7-15-25/h8-13,16-17,24H,4-7,14-15H2,1-3H3/t17-/m1/s1. The molecule has 3 rings (SSSR count). The largest absolute Gasteiger partial charge is 0.339 e. The molecule has 7 nitrogen and oxygen atoms in total. The van der Waals surface area contributed by atoms with Crippen LogP contribution in [0.15, 0.2) is 57.2 Å². The highest BCUT2D eigenvalue weighted by molar-refractivity contribution is 7.98. The smallest absolute Gasteiger partial charge is 0.255 e. The van der Waals surface area contributed by atoms with E-state index in [0.717, 1.165) is 36.8 Å². The van der Waals surface area contributed by atoms with Crippen LogP contribution < -0.4 is 4.72 Å². The lowest BCUT2D eigenvalue weighted by Crippen LogP contribution is -2.32. The molecule has 10 heteroatoms. The Hall–Kier alpha value is -1.88. The van der Waals surface area contributed by atoms with Crippen LogP contribution in [0.4, 0.5) is 0 Å². The van der Waals surface area contributed by atoms with Gasteiger partial charge >= 0.3 is 0 Å². The first kappa shape index (κ1) is 25.7. The van der Waals surface area contributed by atoms with Crippen molar-refractivity contribution in [3.8, 4) is 0 Å². The van der Waals surface area contributed by atoms with E-state index in [1.165, 1.54) is 36.0 Å². The van der Waals surface area contributed by atoms with Crippen molar-refractivity contribution in [3.63, 3.8) is 0 Å². The zero-order valence-corrected chi connectivity index (χ0v) is 21.5. The molecular weight excluding hydrogens is 480 g/mol. The molecular formula is C23H30N2O5S3. The number of hydrogen-bond acceptors (Lipinski definition) is 6. The molecule has 0 saturated carbocycles. The minimum atomic E-state index is -3.91. The van der Waals surface area contributed by atoms with Crippen LogP contribution in [0.25, 0.3) is 0 Å². The highest BCUT2D eigenvalue weighted by atomic mass is 32.2. The zero-order valence-electron chi connectivity index (χ0n) is 19.1. The first-order chi connectivity index (χ1) is 15.5. The molecule has 0 aliphatic carbocycles. The second kappa shape index (κ2) is 10.6. The van der Waals surface area contributed by atoms with Gasteiger partial charge in [-0.3, -0.25) is 4.79 Å². The van der Waals surface area contributed by atoms with Crippen LogP contribution >= 0.6 is 11.8 Å². The van der Waals surface area contributed by atoms with Crippen molar-refractivity contribution in [2.75, 3.05) is 25.6 Å². The number of nitrogens with one attached hydrogen (secondary N) is 1. The molecule has 1 aliphatic rings. The number of sulfonamides is 1. The third kappa shape index (κ3) is 6.38. The van der Waals surface area contributed by atoms with Gasteiger partial charge in [-0.1, -0.05) is 25.0 Å². The van der Waals surface area contributed by atoms with Crippen molar-refractivity contribution >= 4 is 37.5 Å². The van der Waals surface area contributed by atoms with Gasteiger partial charge in [0.25, 0.3) is 5.91 Å². The first-order valence-corrected chi connectivity index (χ1v) is 15.4. The van der Waals surface area contributed by atoms with Crippen LogP contribution in [0.1, 0.15) is 54.6 Å². The minimum absolute atomic E-state index is 0.0260. The van der Waals surface area contributed by atoms with E-state index in [1.807, 2.05) is 11.2 Å². The molecule has 1 atom stereocenters. The first-order valence-electron chi connectivity index (χ1n) is 10.8. The van der Waals surface area contributed by atoms with E-state index in [-0.39, 0.29) is 15.7 Å². The minimum Gasteiger partial charge on any atom is -0.339 e. The van der Waals surface area contributed by atoms with Gasteiger partial charge in [-0.15, -0.1) is 11.8 Å². The van der Waals surface area contributed by atoms with Gasteiger partial charge in [0.15, 0.2) is 9.84 Å². The molecule has 1 heterocycles. The number of sulfone groups is 1. The second-order valence-corrected chi connectivity index (χ2v) is 12.8. The molecule has 0 unspecified atom stereocenters. The maximum absolute atomic E-state index is 13.2. The predicted molar refractivity (Wildman–Crippen MR) is 131 cm³/mol. The molecule has 1 aliphatic heterocycles. The van der Waals surface area contributed by atoms with E-state index < -0.39 is 25.9 Å². The fourth-order valence-electron chi connectivity index (χ4n) is 3.84. The summed E-state index contributed by atoms with van der Waals surface area (Å²) in [5.41, 5.74) is 1.03. The maximum atomic E-state index is 13.2. The summed E-state index contributed by atoms with van der Waals surface area (Å²) in [4.78, 5) is 16.0. The van der Waals surface area contributed by atoms with Crippen molar-refractivity contribution in [2.45, 2.75) is 53.3 Å². The summed E-state index contributed by atoms with van der Waals surface area (Å²) in [6, 6.07) is 10.2. The molecule has 180 valence electrons. The molecule has 0 bridgehead atoms. The highest BCUT2D eigenvalue weighted by Crippen LogP contribution is 2.27. The van der Waals surface area contributed by atoms with Crippen LogP contribution in [0.3, 0.4) is 0 Å². The molecule has 0 aromatic heterocycles. The second-order valence-electron chi connectivity index (χ2n) is 8.25. The normalized spacial score (nSPS) is 16.3. The SMILES string of the molecule is CSc1ccc(S(=O)(=O)N[C@H](C)c2ccc(S(C)(=O)=O)cc2)cc1C(=O)N1CCCCCC1. The summed E-state index contributed by atoms with van der Waals surface area (Å²) in [6.45, 7) is 3.05. The Kier molecular flexibility index (Phi) is 8.26. The zero-order chi connectivity index (χ0) is 24.2. The Balaban J connectivity index is 1.85. The predicted octanol–water partition coefficient (Wildman–Crippen LogP) is 3.87. The Labute approximate surface area is 200 Å². The van der Waals surface area contributed by atoms with Gasteiger partial charge in [0, 0.05) is 30.3 Å². The van der Waals surface area contributed by atoms with Crippen LogP contribution in [0, 0.1) is 0 Å². The van der Waals surface area contributed by atoms with Gasteiger partial charge in [0.2, 0.25) is 10.0 Å². The Morgan fingerprint density at radius 2 is 1.52 bits per heavy atom. The summed E-state index contributed by atoms with van der Waals surface area (Å²) in [7, 11) is -7.24. The Morgan fingerprint density at radius 1 is 0.939 bits per heavy atom. The molecule has 0 spiro atoms. The Bertz CT molecular complexity index is 1200. The fourth-order valence-corrected chi connectivity index (χ4v) is 6.30. The third-order valence-corrected chi connectivity index (χ3v) is 9.21. The van der Waals surface area contributed by atoms with Gasteiger partial charge in [0.1, 0.15) is 0 Å². The van der Waals surface area contributed by atoms with E-state index in [4.69, 9.17) is 0 Å². The topological polar surface area (TPSA) is 101 Å².